The summed E-state index contributed by atoms with van der Waals surface area (Å²) in [4.78, 5) is 13.6. The summed E-state index contributed by atoms with van der Waals surface area (Å²) in [6.07, 6.45) is 0.944. The molecule has 0 spiro atoms. The van der Waals surface area contributed by atoms with Crippen LogP contribution in [0.2, 0.25) is 0 Å². The van der Waals surface area contributed by atoms with Gasteiger partial charge in [-0.2, -0.15) is 0 Å². The van der Waals surface area contributed by atoms with E-state index in [4.69, 9.17) is 0 Å². The van der Waals surface area contributed by atoms with E-state index in [-0.39, 0.29) is 11.9 Å². The first-order valence-electron chi connectivity index (χ1n) is 6.53. The van der Waals surface area contributed by atoms with E-state index in [0.29, 0.717) is 12.6 Å². The van der Waals surface area contributed by atoms with Crippen molar-refractivity contribution >= 4 is 5.91 Å². The molecule has 0 aliphatic heterocycles. The molecule has 0 bridgehead atoms. The van der Waals surface area contributed by atoms with Crippen LogP contribution in [0, 0.1) is 0 Å². The van der Waals surface area contributed by atoms with E-state index in [2.05, 4.69) is 24.4 Å². The zero-order valence-electron chi connectivity index (χ0n) is 11.8. The van der Waals surface area contributed by atoms with E-state index in [9.17, 15) is 4.79 Å². The lowest BCUT2D eigenvalue weighted by Gasteiger charge is -2.23. The lowest BCUT2D eigenvalue weighted by Crippen LogP contribution is -2.42. The molecule has 1 unspecified atom stereocenters. The van der Waals surface area contributed by atoms with Gasteiger partial charge in [0.15, 0.2) is 0 Å². The van der Waals surface area contributed by atoms with E-state index < -0.39 is 0 Å². The molecule has 0 saturated carbocycles. The fraction of sp³-hybridized carbons (Fsp3) is 0.533. The molecule has 3 heteroatoms. The lowest BCUT2D eigenvalue weighted by molar-refractivity contribution is -0.130. The molecule has 0 saturated heterocycles. The molecule has 0 fully saturated rings. The van der Waals surface area contributed by atoms with Crippen LogP contribution in [-0.2, 0) is 11.2 Å². The summed E-state index contributed by atoms with van der Waals surface area (Å²) in [7, 11) is 1.84. The Kier molecular flexibility index (Phi) is 5.86. The minimum Gasteiger partial charge on any atom is -0.342 e. The highest BCUT2D eigenvalue weighted by Gasteiger charge is 2.12. The van der Waals surface area contributed by atoms with Crippen LogP contribution < -0.4 is 5.32 Å². The van der Waals surface area contributed by atoms with Crippen molar-refractivity contribution in [2.75, 3.05) is 13.6 Å². The maximum absolute atomic E-state index is 11.8. The maximum Gasteiger partial charge on any atom is 0.236 e. The smallest absolute Gasteiger partial charge is 0.236 e. The highest BCUT2D eigenvalue weighted by atomic mass is 16.2. The number of nitrogens with zero attached hydrogens (tertiary/aromatic N) is 1. The van der Waals surface area contributed by atoms with Gasteiger partial charge < -0.3 is 10.2 Å². The average molecular weight is 248 g/mol. The number of carbonyl (C=O) groups is 1. The third-order valence-electron chi connectivity index (χ3n) is 3.15. The fourth-order valence-corrected chi connectivity index (χ4v) is 1.71. The monoisotopic (exact) mass is 248 g/mol. The predicted molar refractivity (Wildman–Crippen MR) is 75.5 cm³/mol. The van der Waals surface area contributed by atoms with Gasteiger partial charge in [0.1, 0.15) is 0 Å². The SMILES string of the molecule is CC(Cc1ccccc1)NCC(=O)N(C)C(C)C. The Morgan fingerprint density at radius 2 is 1.83 bits per heavy atom. The van der Waals surface area contributed by atoms with Crippen LogP contribution >= 0.6 is 0 Å². The lowest BCUT2D eigenvalue weighted by atomic mass is 10.1. The molecule has 1 N–H and O–H groups in total. The Hall–Kier alpha value is -1.35. The summed E-state index contributed by atoms with van der Waals surface area (Å²) in [6, 6.07) is 10.9. The highest BCUT2D eigenvalue weighted by Crippen LogP contribution is 2.02. The molecule has 18 heavy (non-hydrogen) atoms. The summed E-state index contributed by atoms with van der Waals surface area (Å²) in [6.45, 7) is 6.55. The molecular weight excluding hydrogens is 224 g/mol. The van der Waals surface area contributed by atoms with Crippen molar-refractivity contribution in [2.24, 2.45) is 0 Å². The van der Waals surface area contributed by atoms with Gasteiger partial charge in [-0.05, 0) is 32.8 Å². The van der Waals surface area contributed by atoms with Crippen LogP contribution in [0.3, 0.4) is 0 Å². The van der Waals surface area contributed by atoms with Crippen molar-refractivity contribution < 1.29 is 4.79 Å². The summed E-state index contributed by atoms with van der Waals surface area (Å²) in [5.41, 5.74) is 1.29. The van der Waals surface area contributed by atoms with E-state index in [1.54, 1.807) is 4.90 Å². The van der Waals surface area contributed by atoms with Gasteiger partial charge in [-0.25, -0.2) is 0 Å². The van der Waals surface area contributed by atoms with E-state index in [1.165, 1.54) is 5.56 Å². The van der Waals surface area contributed by atoms with Gasteiger partial charge in [-0.1, -0.05) is 30.3 Å². The molecule has 1 amide bonds. The zero-order chi connectivity index (χ0) is 13.5. The van der Waals surface area contributed by atoms with Crippen molar-refractivity contribution in [3.05, 3.63) is 35.9 Å². The molecule has 1 rings (SSSR count). The van der Waals surface area contributed by atoms with Gasteiger partial charge in [0.25, 0.3) is 0 Å². The average Bonchev–Trinajstić information content (AvgIpc) is 2.36. The molecule has 3 nitrogen and oxygen atoms in total. The van der Waals surface area contributed by atoms with Gasteiger partial charge in [0.2, 0.25) is 5.91 Å². The topological polar surface area (TPSA) is 32.3 Å². The van der Waals surface area contributed by atoms with Crippen LogP contribution in [0.5, 0.6) is 0 Å². The molecule has 0 aliphatic carbocycles. The first-order chi connectivity index (χ1) is 8.50. The van der Waals surface area contributed by atoms with Crippen molar-refractivity contribution in [1.29, 1.82) is 0 Å². The van der Waals surface area contributed by atoms with Crippen LogP contribution in [0.15, 0.2) is 30.3 Å². The number of likely N-dealkylation sites (N-methyl/N-ethyl adjacent to an activating group) is 1. The first-order valence-corrected chi connectivity index (χ1v) is 6.53. The fourth-order valence-electron chi connectivity index (χ4n) is 1.71. The second kappa shape index (κ2) is 7.17. The molecule has 1 atom stereocenters. The Labute approximate surface area is 110 Å². The Morgan fingerprint density at radius 3 is 2.39 bits per heavy atom. The third-order valence-corrected chi connectivity index (χ3v) is 3.15. The maximum atomic E-state index is 11.8. The zero-order valence-corrected chi connectivity index (χ0v) is 11.8. The molecule has 100 valence electrons. The minimum atomic E-state index is 0.143. The van der Waals surface area contributed by atoms with Crippen LogP contribution in [0.1, 0.15) is 26.3 Å². The number of hydrogen-bond donors (Lipinski definition) is 1. The van der Waals surface area contributed by atoms with E-state index >= 15 is 0 Å². The number of amides is 1. The summed E-state index contributed by atoms with van der Waals surface area (Å²) in [5, 5.41) is 3.28. The summed E-state index contributed by atoms with van der Waals surface area (Å²) >= 11 is 0. The number of benzene rings is 1. The molecule has 0 heterocycles. The summed E-state index contributed by atoms with van der Waals surface area (Å²) < 4.78 is 0. The largest absolute Gasteiger partial charge is 0.342 e. The standard InChI is InChI=1S/C15H24N2O/c1-12(2)17(4)15(18)11-16-13(3)10-14-8-6-5-7-9-14/h5-9,12-13,16H,10-11H2,1-4H3. The predicted octanol–water partition coefficient (Wildman–Crippen LogP) is 2.07. The van der Waals surface area contributed by atoms with Gasteiger partial charge in [-0.15, -0.1) is 0 Å². The molecule has 0 aromatic heterocycles. The quantitative estimate of drug-likeness (QED) is 0.836. The Bertz CT molecular complexity index is 362. The van der Waals surface area contributed by atoms with E-state index in [1.807, 2.05) is 39.1 Å². The molecular formula is C15H24N2O. The number of rotatable bonds is 6. The van der Waals surface area contributed by atoms with Crippen LogP contribution in [0.25, 0.3) is 0 Å². The molecule has 1 aromatic carbocycles. The Balaban J connectivity index is 2.33. The summed E-state index contributed by atoms with van der Waals surface area (Å²) in [5.74, 6) is 0.143. The van der Waals surface area contributed by atoms with E-state index in [0.717, 1.165) is 6.42 Å². The highest BCUT2D eigenvalue weighted by molar-refractivity contribution is 5.78. The van der Waals surface area contributed by atoms with Crippen molar-refractivity contribution in [3.8, 4) is 0 Å². The Morgan fingerprint density at radius 1 is 1.22 bits per heavy atom. The number of hydrogen-bond acceptors (Lipinski definition) is 2. The van der Waals surface area contributed by atoms with Crippen molar-refractivity contribution in [1.82, 2.24) is 10.2 Å². The molecule has 0 aliphatic rings. The number of nitrogens with one attached hydrogen (secondary N) is 1. The van der Waals surface area contributed by atoms with Gasteiger partial charge >= 0.3 is 0 Å². The van der Waals surface area contributed by atoms with Crippen molar-refractivity contribution in [2.45, 2.75) is 39.3 Å². The second-order valence-corrected chi connectivity index (χ2v) is 5.07. The number of carbonyl (C=O) groups excluding carboxylic acids is 1. The third kappa shape index (κ3) is 4.88. The minimum absolute atomic E-state index is 0.143. The second-order valence-electron chi connectivity index (χ2n) is 5.07. The van der Waals surface area contributed by atoms with Gasteiger partial charge in [-0.3, -0.25) is 4.79 Å². The normalized spacial score (nSPS) is 12.5. The first kappa shape index (κ1) is 14.7. The van der Waals surface area contributed by atoms with Gasteiger partial charge in [0, 0.05) is 19.1 Å². The molecule has 1 aromatic rings. The van der Waals surface area contributed by atoms with Gasteiger partial charge in [0.05, 0.1) is 6.54 Å². The molecule has 0 radical (unpaired) electrons. The van der Waals surface area contributed by atoms with Crippen LogP contribution in [-0.4, -0.2) is 36.5 Å². The van der Waals surface area contributed by atoms with Crippen LogP contribution in [0.4, 0.5) is 0 Å². The van der Waals surface area contributed by atoms with Crippen molar-refractivity contribution in [3.63, 3.8) is 0 Å².